The summed E-state index contributed by atoms with van der Waals surface area (Å²) in [6.45, 7) is 0. The molecule has 4 rings (SSSR count). The minimum atomic E-state index is -0.361. The van der Waals surface area contributed by atoms with Gasteiger partial charge in [0.05, 0.1) is 0 Å². The number of hydrogen-bond donors (Lipinski definition) is 2. The van der Waals surface area contributed by atoms with E-state index in [1.807, 2.05) is 30.3 Å². The molecule has 132 valence electrons. The van der Waals surface area contributed by atoms with Crippen molar-refractivity contribution in [2.45, 2.75) is 0 Å². The van der Waals surface area contributed by atoms with Gasteiger partial charge in [-0.05, 0) is 47.9 Å². The number of hydrogen-bond acceptors (Lipinski definition) is 4. The zero-order valence-electron chi connectivity index (χ0n) is 14.3. The topological polar surface area (TPSA) is 76.1 Å². The maximum atomic E-state index is 12.2. The number of anilines is 2. The molecular weight excluding hydrogens is 340 g/mol. The quantitative estimate of drug-likeness (QED) is 0.535. The molecule has 0 unspecified atom stereocenters. The minimum Gasteiger partial charge on any atom is -0.457 e. The second kappa shape index (κ2) is 7.53. The molecule has 0 aliphatic carbocycles. The van der Waals surface area contributed by atoms with E-state index in [0.29, 0.717) is 23.0 Å². The Morgan fingerprint density at radius 3 is 2.30 bits per heavy atom. The first-order valence-electron chi connectivity index (χ1n) is 8.37. The number of aromatic nitrogens is 2. The molecule has 4 aromatic rings. The van der Waals surface area contributed by atoms with Gasteiger partial charge in [-0.1, -0.05) is 24.3 Å². The lowest BCUT2D eigenvalue weighted by atomic mass is 10.2. The first kappa shape index (κ1) is 16.5. The molecule has 0 aliphatic heterocycles. The van der Waals surface area contributed by atoms with E-state index in [0.717, 1.165) is 10.8 Å². The Hall–Kier alpha value is -3.93. The van der Waals surface area contributed by atoms with Gasteiger partial charge in [0, 0.05) is 29.7 Å². The highest BCUT2D eigenvalue weighted by Crippen LogP contribution is 2.22. The fourth-order valence-electron chi connectivity index (χ4n) is 2.58. The molecule has 2 aromatic carbocycles. The highest BCUT2D eigenvalue weighted by molar-refractivity contribution is 6.00. The molecule has 0 aliphatic rings. The molecule has 0 radical (unpaired) electrons. The van der Waals surface area contributed by atoms with Crippen LogP contribution in [0.2, 0.25) is 0 Å². The normalized spacial score (nSPS) is 10.4. The summed E-state index contributed by atoms with van der Waals surface area (Å²) < 4.78 is 5.70. The lowest BCUT2D eigenvalue weighted by molar-refractivity contribution is 0.262. The third-order valence-corrected chi connectivity index (χ3v) is 3.87. The van der Waals surface area contributed by atoms with Crippen LogP contribution in [0.5, 0.6) is 11.5 Å². The molecular formula is C21H16N4O2. The summed E-state index contributed by atoms with van der Waals surface area (Å²) in [6, 6.07) is 20.0. The third-order valence-electron chi connectivity index (χ3n) is 3.87. The van der Waals surface area contributed by atoms with Gasteiger partial charge in [-0.2, -0.15) is 0 Å². The van der Waals surface area contributed by atoms with Crippen LogP contribution in [0.1, 0.15) is 0 Å². The first-order valence-corrected chi connectivity index (χ1v) is 8.37. The van der Waals surface area contributed by atoms with E-state index in [-0.39, 0.29) is 6.03 Å². The van der Waals surface area contributed by atoms with Crippen LogP contribution >= 0.6 is 0 Å². The molecule has 27 heavy (non-hydrogen) atoms. The number of nitrogens with one attached hydrogen (secondary N) is 2. The van der Waals surface area contributed by atoms with Gasteiger partial charge in [-0.3, -0.25) is 10.3 Å². The fraction of sp³-hybridized carbons (Fsp3) is 0. The van der Waals surface area contributed by atoms with Gasteiger partial charge in [0.1, 0.15) is 17.3 Å². The van der Waals surface area contributed by atoms with Crippen LogP contribution < -0.4 is 15.4 Å². The minimum absolute atomic E-state index is 0.361. The fourth-order valence-corrected chi connectivity index (χ4v) is 2.58. The summed E-state index contributed by atoms with van der Waals surface area (Å²) >= 11 is 0. The average molecular weight is 356 g/mol. The van der Waals surface area contributed by atoms with Gasteiger partial charge >= 0.3 is 6.03 Å². The van der Waals surface area contributed by atoms with Gasteiger partial charge in [0.15, 0.2) is 0 Å². The lowest BCUT2D eigenvalue weighted by Crippen LogP contribution is -2.19. The number of carbonyl (C=O) groups excluding carboxylic acids is 1. The Balaban J connectivity index is 1.38. The SMILES string of the molecule is O=C(Nc1ccc(Oc2ccncc2)cc1)Nc1cc2ccccc2cn1. The molecule has 2 aromatic heterocycles. The summed E-state index contributed by atoms with van der Waals surface area (Å²) in [7, 11) is 0. The van der Waals surface area contributed by atoms with E-state index in [4.69, 9.17) is 4.74 Å². The molecule has 0 saturated carbocycles. The number of pyridine rings is 2. The van der Waals surface area contributed by atoms with Crippen molar-refractivity contribution in [3.8, 4) is 11.5 Å². The lowest BCUT2D eigenvalue weighted by Gasteiger charge is -2.09. The average Bonchev–Trinajstić information content (AvgIpc) is 2.70. The van der Waals surface area contributed by atoms with E-state index in [2.05, 4.69) is 20.6 Å². The van der Waals surface area contributed by atoms with Gasteiger partial charge in [-0.25, -0.2) is 9.78 Å². The summed E-state index contributed by atoms with van der Waals surface area (Å²) in [6.07, 6.45) is 5.06. The Labute approximate surface area is 155 Å². The molecule has 0 atom stereocenters. The van der Waals surface area contributed by atoms with Gasteiger partial charge in [-0.15, -0.1) is 0 Å². The number of urea groups is 1. The summed E-state index contributed by atoms with van der Waals surface area (Å²) in [4.78, 5) is 20.4. The van der Waals surface area contributed by atoms with Crippen LogP contribution in [0.3, 0.4) is 0 Å². The molecule has 0 saturated heterocycles. The number of amides is 2. The predicted molar refractivity (Wildman–Crippen MR) is 105 cm³/mol. The van der Waals surface area contributed by atoms with Gasteiger partial charge < -0.3 is 10.1 Å². The number of fused-ring (bicyclic) bond motifs is 1. The van der Waals surface area contributed by atoms with Crippen molar-refractivity contribution < 1.29 is 9.53 Å². The number of carbonyl (C=O) groups is 1. The third kappa shape index (κ3) is 4.19. The molecule has 6 nitrogen and oxygen atoms in total. The monoisotopic (exact) mass is 356 g/mol. The molecule has 2 heterocycles. The van der Waals surface area contributed by atoms with Crippen LogP contribution in [-0.2, 0) is 0 Å². The van der Waals surface area contributed by atoms with E-state index in [1.165, 1.54) is 0 Å². The van der Waals surface area contributed by atoms with E-state index in [9.17, 15) is 4.79 Å². The zero-order valence-corrected chi connectivity index (χ0v) is 14.3. The Bertz CT molecular complexity index is 1070. The second-order valence-corrected chi connectivity index (χ2v) is 5.81. The smallest absolute Gasteiger partial charge is 0.324 e. The largest absolute Gasteiger partial charge is 0.457 e. The van der Waals surface area contributed by atoms with E-state index >= 15 is 0 Å². The summed E-state index contributed by atoms with van der Waals surface area (Å²) in [5, 5.41) is 7.55. The second-order valence-electron chi connectivity index (χ2n) is 5.81. The summed E-state index contributed by atoms with van der Waals surface area (Å²) in [5.41, 5.74) is 0.648. The van der Waals surface area contributed by atoms with Crippen molar-refractivity contribution in [2.75, 3.05) is 10.6 Å². The van der Waals surface area contributed by atoms with Gasteiger partial charge in [0.25, 0.3) is 0 Å². The Morgan fingerprint density at radius 1 is 0.815 bits per heavy atom. The van der Waals surface area contributed by atoms with Crippen LogP contribution in [0, 0.1) is 0 Å². The summed E-state index contributed by atoms with van der Waals surface area (Å²) in [5.74, 6) is 1.86. The van der Waals surface area contributed by atoms with Crippen LogP contribution in [0.4, 0.5) is 16.3 Å². The van der Waals surface area contributed by atoms with E-state index < -0.39 is 0 Å². The number of ether oxygens (including phenoxy) is 1. The maximum absolute atomic E-state index is 12.2. The standard InChI is InChI=1S/C21H16N4O2/c26-21(25-20-13-15-3-1-2-4-16(15)14-23-20)24-17-5-7-18(8-6-17)27-19-9-11-22-12-10-19/h1-14H,(H2,23,24,25,26). The number of rotatable bonds is 4. The van der Waals surface area contributed by atoms with Gasteiger partial charge in [0.2, 0.25) is 0 Å². The molecule has 0 fully saturated rings. The van der Waals surface area contributed by atoms with Crippen molar-refractivity contribution in [1.29, 1.82) is 0 Å². The number of benzene rings is 2. The molecule has 0 bridgehead atoms. The van der Waals surface area contributed by atoms with Crippen molar-refractivity contribution >= 4 is 28.3 Å². The number of nitrogens with zero attached hydrogens (tertiary/aromatic N) is 2. The van der Waals surface area contributed by atoms with Crippen molar-refractivity contribution in [3.63, 3.8) is 0 Å². The first-order chi connectivity index (χ1) is 13.3. The highest BCUT2D eigenvalue weighted by atomic mass is 16.5. The zero-order chi connectivity index (χ0) is 18.5. The maximum Gasteiger partial charge on any atom is 0.324 e. The van der Waals surface area contributed by atoms with Crippen molar-refractivity contribution in [3.05, 3.63) is 85.3 Å². The highest BCUT2D eigenvalue weighted by Gasteiger charge is 2.05. The molecule has 6 heteroatoms. The van der Waals surface area contributed by atoms with Crippen LogP contribution in [0.15, 0.2) is 85.3 Å². The molecule has 2 N–H and O–H groups in total. The van der Waals surface area contributed by atoms with E-state index in [1.54, 1.807) is 55.0 Å². The Kier molecular flexibility index (Phi) is 4.61. The molecule has 2 amide bonds. The van der Waals surface area contributed by atoms with Crippen LogP contribution in [0.25, 0.3) is 10.8 Å². The van der Waals surface area contributed by atoms with Crippen molar-refractivity contribution in [1.82, 2.24) is 9.97 Å². The molecule has 0 spiro atoms. The van der Waals surface area contributed by atoms with Crippen LogP contribution in [-0.4, -0.2) is 16.0 Å². The Morgan fingerprint density at radius 2 is 1.52 bits per heavy atom. The predicted octanol–water partition coefficient (Wildman–Crippen LogP) is 5.07. The van der Waals surface area contributed by atoms with Crippen molar-refractivity contribution in [2.24, 2.45) is 0 Å².